The molecule has 5 heteroatoms. The van der Waals surface area contributed by atoms with Gasteiger partial charge in [-0.05, 0) is 6.07 Å². The number of nitrogens with zero attached hydrogens (tertiary/aromatic N) is 2. The van der Waals surface area contributed by atoms with Crippen LogP contribution in [-0.4, -0.2) is 0 Å². The van der Waals surface area contributed by atoms with Gasteiger partial charge in [0, 0.05) is 5.56 Å². The molecule has 0 heterocycles. The van der Waals surface area contributed by atoms with Crippen molar-refractivity contribution < 1.29 is 13.2 Å². The van der Waals surface area contributed by atoms with Gasteiger partial charge < -0.3 is 0 Å². The van der Waals surface area contributed by atoms with E-state index in [0.717, 1.165) is 0 Å². The Kier molecular flexibility index (Phi) is 2.73. The maximum absolute atomic E-state index is 13.0. The average molecular weight is 196 g/mol. The van der Waals surface area contributed by atoms with E-state index in [0.29, 0.717) is 6.07 Å². The van der Waals surface area contributed by atoms with E-state index in [9.17, 15) is 13.2 Å². The smallest absolute Gasteiger partial charge is 0.179 e. The predicted molar refractivity (Wildman–Crippen MR) is 40.3 cm³/mol. The summed E-state index contributed by atoms with van der Waals surface area (Å²) in [7, 11) is 0. The van der Waals surface area contributed by atoms with Crippen LogP contribution in [0.4, 0.5) is 13.2 Å². The molecular formula is C9H3F3N2. The number of benzene rings is 1. The molecule has 14 heavy (non-hydrogen) atoms. The Balaban J connectivity index is 3.43. The van der Waals surface area contributed by atoms with E-state index in [1.165, 1.54) is 6.07 Å². The van der Waals surface area contributed by atoms with Gasteiger partial charge in [-0.2, -0.15) is 10.5 Å². The van der Waals surface area contributed by atoms with Gasteiger partial charge >= 0.3 is 0 Å². The van der Waals surface area contributed by atoms with E-state index in [4.69, 9.17) is 10.5 Å². The zero-order chi connectivity index (χ0) is 10.7. The summed E-state index contributed by atoms with van der Waals surface area (Å²) in [5, 5.41) is 16.5. The van der Waals surface area contributed by atoms with Gasteiger partial charge in [-0.25, -0.2) is 13.2 Å². The lowest BCUT2D eigenvalue weighted by Crippen LogP contribution is -2.00. The standard InChI is InChI=1S/C9H3F3N2/c10-7-3-5(1-2-13)8(11)9(12)6(7)4-14/h3H,1H2. The van der Waals surface area contributed by atoms with Crippen LogP contribution in [0, 0.1) is 40.1 Å². The van der Waals surface area contributed by atoms with Crippen LogP contribution >= 0.6 is 0 Å². The quantitative estimate of drug-likeness (QED) is 0.645. The van der Waals surface area contributed by atoms with Crippen molar-refractivity contribution in [1.29, 1.82) is 10.5 Å². The average Bonchev–Trinajstić information content (AvgIpc) is 2.15. The molecule has 1 rings (SSSR count). The number of halogens is 3. The molecule has 1 aromatic rings. The first kappa shape index (κ1) is 10.1. The third kappa shape index (κ3) is 1.53. The maximum atomic E-state index is 13.0. The van der Waals surface area contributed by atoms with Gasteiger partial charge in [0.2, 0.25) is 0 Å². The van der Waals surface area contributed by atoms with E-state index < -0.39 is 29.4 Å². The summed E-state index contributed by atoms with van der Waals surface area (Å²) in [6.07, 6.45) is -0.439. The van der Waals surface area contributed by atoms with Crippen molar-refractivity contribution in [3.05, 3.63) is 34.6 Å². The van der Waals surface area contributed by atoms with Crippen molar-refractivity contribution in [2.24, 2.45) is 0 Å². The van der Waals surface area contributed by atoms with Gasteiger partial charge in [0.25, 0.3) is 0 Å². The molecule has 70 valence electrons. The maximum Gasteiger partial charge on any atom is 0.179 e. The minimum absolute atomic E-state index is 0.387. The van der Waals surface area contributed by atoms with Gasteiger partial charge in [-0.3, -0.25) is 0 Å². The number of rotatable bonds is 1. The fourth-order valence-corrected chi connectivity index (χ4v) is 0.960. The summed E-state index contributed by atoms with van der Waals surface area (Å²) in [6.45, 7) is 0. The first-order valence-electron chi connectivity index (χ1n) is 3.55. The molecule has 0 atom stereocenters. The van der Waals surface area contributed by atoms with Crippen LogP contribution in [0.15, 0.2) is 6.07 Å². The molecule has 0 aliphatic rings. The van der Waals surface area contributed by atoms with Crippen LogP contribution in [-0.2, 0) is 6.42 Å². The lowest BCUT2D eigenvalue weighted by atomic mass is 10.1. The largest absolute Gasteiger partial charge is 0.205 e. The summed E-state index contributed by atoms with van der Waals surface area (Å²) in [5.74, 6) is -4.04. The molecule has 1 aromatic carbocycles. The summed E-state index contributed by atoms with van der Waals surface area (Å²) >= 11 is 0. The summed E-state index contributed by atoms with van der Waals surface area (Å²) in [5.41, 5.74) is -1.36. The van der Waals surface area contributed by atoms with E-state index >= 15 is 0 Å². The number of hydrogen-bond donors (Lipinski definition) is 0. The second-order valence-electron chi connectivity index (χ2n) is 2.47. The molecule has 0 radical (unpaired) electrons. The van der Waals surface area contributed by atoms with Gasteiger partial charge in [0.15, 0.2) is 11.6 Å². The van der Waals surface area contributed by atoms with Gasteiger partial charge in [-0.1, -0.05) is 0 Å². The van der Waals surface area contributed by atoms with E-state index in [1.807, 2.05) is 0 Å². The molecule has 0 saturated heterocycles. The molecule has 0 bridgehead atoms. The zero-order valence-electron chi connectivity index (χ0n) is 6.81. The highest BCUT2D eigenvalue weighted by Crippen LogP contribution is 2.19. The normalized spacial score (nSPS) is 9.21. The Bertz CT molecular complexity index is 455. The van der Waals surface area contributed by atoms with Crippen LogP contribution in [0.25, 0.3) is 0 Å². The van der Waals surface area contributed by atoms with Crippen LogP contribution < -0.4 is 0 Å². The molecular weight excluding hydrogens is 193 g/mol. The van der Waals surface area contributed by atoms with Crippen LogP contribution in [0.3, 0.4) is 0 Å². The Labute approximate surface area is 77.8 Å². The molecule has 0 aromatic heterocycles. The Morgan fingerprint density at radius 1 is 1.14 bits per heavy atom. The van der Waals surface area contributed by atoms with Gasteiger partial charge in [0.05, 0.1) is 12.5 Å². The highest BCUT2D eigenvalue weighted by atomic mass is 19.2. The lowest BCUT2D eigenvalue weighted by molar-refractivity contribution is 0.484. The highest BCUT2D eigenvalue weighted by Gasteiger charge is 2.17. The first-order chi connectivity index (χ1) is 6.61. The van der Waals surface area contributed by atoms with E-state index in [1.54, 1.807) is 6.07 Å². The molecule has 0 amide bonds. The van der Waals surface area contributed by atoms with Gasteiger partial charge in [-0.15, -0.1) is 0 Å². The molecule has 0 spiro atoms. The first-order valence-corrected chi connectivity index (χ1v) is 3.55. The Morgan fingerprint density at radius 3 is 2.29 bits per heavy atom. The van der Waals surface area contributed by atoms with Crippen molar-refractivity contribution in [3.8, 4) is 12.1 Å². The minimum atomic E-state index is -1.54. The second-order valence-corrected chi connectivity index (χ2v) is 2.47. The van der Waals surface area contributed by atoms with Crippen LogP contribution in [0.5, 0.6) is 0 Å². The molecule has 0 aliphatic heterocycles. The van der Waals surface area contributed by atoms with Crippen molar-refractivity contribution in [1.82, 2.24) is 0 Å². The topological polar surface area (TPSA) is 47.6 Å². The molecule has 2 nitrogen and oxygen atoms in total. The summed E-state index contributed by atoms with van der Waals surface area (Å²) in [4.78, 5) is 0. The fourth-order valence-electron chi connectivity index (χ4n) is 0.960. The van der Waals surface area contributed by atoms with Crippen molar-refractivity contribution >= 4 is 0 Å². The van der Waals surface area contributed by atoms with Crippen LogP contribution in [0.2, 0.25) is 0 Å². The van der Waals surface area contributed by atoms with E-state index in [2.05, 4.69) is 0 Å². The van der Waals surface area contributed by atoms with Gasteiger partial charge in [0.1, 0.15) is 17.4 Å². The number of hydrogen-bond acceptors (Lipinski definition) is 2. The lowest BCUT2D eigenvalue weighted by Gasteiger charge is -2.02. The third-order valence-corrected chi connectivity index (χ3v) is 1.62. The van der Waals surface area contributed by atoms with Crippen molar-refractivity contribution in [2.45, 2.75) is 6.42 Å². The molecule has 0 aliphatic carbocycles. The molecule has 0 N–H and O–H groups in total. The van der Waals surface area contributed by atoms with E-state index in [-0.39, 0.29) is 5.56 Å². The Morgan fingerprint density at radius 2 is 1.79 bits per heavy atom. The Hall–Kier alpha value is -2.01. The third-order valence-electron chi connectivity index (χ3n) is 1.62. The second kappa shape index (κ2) is 3.80. The van der Waals surface area contributed by atoms with Crippen molar-refractivity contribution in [2.75, 3.05) is 0 Å². The summed E-state index contributed by atoms with van der Waals surface area (Å²) in [6, 6.07) is 3.41. The summed E-state index contributed by atoms with van der Waals surface area (Å²) < 4.78 is 38.7. The predicted octanol–water partition coefficient (Wildman–Crippen LogP) is 2.04. The monoisotopic (exact) mass is 196 g/mol. The minimum Gasteiger partial charge on any atom is -0.205 e. The highest BCUT2D eigenvalue weighted by molar-refractivity contribution is 5.37. The molecule has 0 saturated carbocycles. The molecule has 0 unspecified atom stereocenters. The molecule has 0 fully saturated rings. The number of nitriles is 2. The van der Waals surface area contributed by atoms with Crippen LogP contribution in [0.1, 0.15) is 11.1 Å². The van der Waals surface area contributed by atoms with Crippen molar-refractivity contribution in [3.63, 3.8) is 0 Å². The SMILES string of the molecule is N#CCc1cc(F)c(C#N)c(F)c1F. The fraction of sp³-hybridized carbons (Fsp3) is 0.111. The zero-order valence-corrected chi connectivity index (χ0v) is 6.81.